The van der Waals surface area contributed by atoms with Gasteiger partial charge in [-0.2, -0.15) is 0 Å². The van der Waals surface area contributed by atoms with Crippen molar-refractivity contribution < 1.29 is 31.9 Å². The molecule has 0 saturated heterocycles. The Balaban J connectivity index is 1.75. The standard InChI is InChI=1S/C18H10ClF4NO3S/c1-7(17(25)24-11-5-4-10(21)14(22)15(11)23)27-18(26)16-13(19)9-3-2-8(20)6-12(9)28-16/h2-7H,1H3,(H,24,25). The lowest BCUT2D eigenvalue weighted by molar-refractivity contribution is -0.123. The highest BCUT2D eigenvalue weighted by molar-refractivity contribution is 7.21. The Labute approximate surface area is 164 Å². The fraction of sp³-hybridized carbons (Fsp3) is 0.111. The lowest BCUT2D eigenvalue weighted by Gasteiger charge is -2.13. The number of halogens is 5. The highest BCUT2D eigenvalue weighted by Crippen LogP contribution is 2.36. The molecule has 4 nitrogen and oxygen atoms in total. The van der Waals surface area contributed by atoms with Gasteiger partial charge in [-0.05, 0) is 37.3 Å². The Bertz CT molecular complexity index is 1100. The molecular weight excluding hydrogens is 422 g/mol. The van der Waals surface area contributed by atoms with Gasteiger partial charge in [0.15, 0.2) is 23.6 Å². The van der Waals surface area contributed by atoms with Gasteiger partial charge in [0, 0.05) is 10.1 Å². The third-order valence-corrected chi connectivity index (χ3v) is 5.36. The largest absolute Gasteiger partial charge is 0.448 e. The van der Waals surface area contributed by atoms with Gasteiger partial charge < -0.3 is 10.1 Å². The molecule has 146 valence electrons. The number of carbonyl (C=O) groups is 2. The number of thiophene rings is 1. The molecule has 1 N–H and O–H groups in total. The quantitative estimate of drug-likeness (QED) is 0.347. The maximum Gasteiger partial charge on any atom is 0.350 e. The average Bonchev–Trinajstić information content (AvgIpc) is 2.98. The predicted octanol–water partition coefficient (Wildman–Crippen LogP) is 5.30. The minimum atomic E-state index is -1.74. The molecule has 0 aliphatic carbocycles. The number of nitrogens with one attached hydrogen (secondary N) is 1. The molecule has 1 unspecified atom stereocenters. The summed E-state index contributed by atoms with van der Waals surface area (Å²) in [6.45, 7) is 1.20. The van der Waals surface area contributed by atoms with Gasteiger partial charge in [0.2, 0.25) is 0 Å². The van der Waals surface area contributed by atoms with Gasteiger partial charge >= 0.3 is 5.97 Å². The number of anilines is 1. The second-order valence-corrected chi connectivity index (χ2v) is 7.08. The first-order valence-electron chi connectivity index (χ1n) is 7.72. The van der Waals surface area contributed by atoms with E-state index in [1.54, 1.807) is 0 Å². The lowest BCUT2D eigenvalue weighted by atomic mass is 10.2. The van der Waals surface area contributed by atoms with E-state index in [9.17, 15) is 27.2 Å². The lowest BCUT2D eigenvalue weighted by Crippen LogP contribution is -2.30. The first kappa shape index (κ1) is 20.1. The summed E-state index contributed by atoms with van der Waals surface area (Å²) in [5.74, 6) is -7.16. The number of fused-ring (bicyclic) bond motifs is 1. The van der Waals surface area contributed by atoms with E-state index in [4.69, 9.17) is 16.3 Å². The van der Waals surface area contributed by atoms with E-state index in [1.165, 1.54) is 25.1 Å². The summed E-state index contributed by atoms with van der Waals surface area (Å²) in [6.07, 6.45) is -1.40. The minimum Gasteiger partial charge on any atom is -0.448 e. The molecule has 1 atom stereocenters. The molecule has 0 fully saturated rings. The molecule has 0 spiro atoms. The molecule has 28 heavy (non-hydrogen) atoms. The van der Waals surface area contributed by atoms with Gasteiger partial charge in [0.25, 0.3) is 5.91 Å². The van der Waals surface area contributed by atoms with Crippen molar-refractivity contribution in [1.82, 2.24) is 0 Å². The first-order valence-corrected chi connectivity index (χ1v) is 8.91. The second-order valence-electron chi connectivity index (χ2n) is 5.65. The van der Waals surface area contributed by atoms with E-state index in [0.29, 0.717) is 16.2 Å². The van der Waals surface area contributed by atoms with Crippen molar-refractivity contribution in [2.45, 2.75) is 13.0 Å². The number of benzene rings is 2. The van der Waals surface area contributed by atoms with Crippen LogP contribution >= 0.6 is 22.9 Å². The zero-order valence-corrected chi connectivity index (χ0v) is 15.6. The van der Waals surface area contributed by atoms with Gasteiger partial charge in [0.1, 0.15) is 10.7 Å². The molecule has 0 bridgehead atoms. The number of hydrogen-bond donors (Lipinski definition) is 1. The number of esters is 1. The van der Waals surface area contributed by atoms with Gasteiger partial charge in [-0.3, -0.25) is 4.79 Å². The van der Waals surface area contributed by atoms with E-state index in [-0.39, 0.29) is 9.90 Å². The fourth-order valence-electron chi connectivity index (χ4n) is 2.29. The van der Waals surface area contributed by atoms with E-state index in [1.807, 2.05) is 5.32 Å². The van der Waals surface area contributed by atoms with Crippen LogP contribution in [0.25, 0.3) is 10.1 Å². The molecule has 0 aliphatic heterocycles. The van der Waals surface area contributed by atoms with Crippen LogP contribution in [0.5, 0.6) is 0 Å². The third kappa shape index (κ3) is 3.81. The second kappa shape index (κ2) is 7.76. The molecule has 1 heterocycles. The monoisotopic (exact) mass is 431 g/mol. The Morgan fingerprint density at radius 2 is 1.82 bits per heavy atom. The van der Waals surface area contributed by atoms with Gasteiger partial charge in [0.05, 0.1) is 10.7 Å². The van der Waals surface area contributed by atoms with E-state index >= 15 is 0 Å². The molecule has 2 aromatic carbocycles. The van der Waals surface area contributed by atoms with Crippen LogP contribution in [-0.2, 0) is 9.53 Å². The normalized spacial score (nSPS) is 12.1. The molecule has 10 heteroatoms. The summed E-state index contributed by atoms with van der Waals surface area (Å²) >= 11 is 6.99. The van der Waals surface area contributed by atoms with Crippen molar-refractivity contribution in [3.63, 3.8) is 0 Å². The van der Waals surface area contributed by atoms with Crippen LogP contribution in [0, 0.1) is 23.3 Å². The summed E-state index contributed by atoms with van der Waals surface area (Å²) < 4.78 is 58.5. The maximum absolute atomic E-state index is 13.6. The average molecular weight is 432 g/mol. The Morgan fingerprint density at radius 3 is 2.54 bits per heavy atom. The Hall–Kier alpha value is -2.65. The maximum atomic E-state index is 13.6. The first-order chi connectivity index (χ1) is 13.2. The van der Waals surface area contributed by atoms with Crippen molar-refractivity contribution in [3.05, 3.63) is 63.5 Å². The topological polar surface area (TPSA) is 55.4 Å². The number of ether oxygens (including phenoxy) is 1. The fourth-order valence-corrected chi connectivity index (χ4v) is 3.71. The van der Waals surface area contributed by atoms with Crippen molar-refractivity contribution in [2.75, 3.05) is 5.32 Å². The van der Waals surface area contributed by atoms with Crippen LogP contribution in [0.15, 0.2) is 30.3 Å². The Kier molecular flexibility index (Phi) is 5.57. The molecule has 0 radical (unpaired) electrons. The molecule has 3 aromatic rings. The third-order valence-electron chi connectivity index (χ3n) is 3.72. The van der Waals surface area contributed by atoms with Crippen LogP contribution in [0.3, 0.4) is 0 Å². The summed E-state index contributed by atoms with van der Waals surface area (Å²) in [5.41, 5.74) is -0.609. The summed E-state index contributed by atoms with van der Waals surface area (Å²) in [6, 6.07) is 5.26. The van der Waals surface area contributed by atoms with Crippen LogP contribution in [-0.4, -0.2) is 18.0 Å². The van der Waals surface area contributed by atoms with E-state index in [0.717, 1.165) is 17.4 Å². The van der Waals surface area contributed by atoms with Crippen LogP contribution in [0.1, 0.15) is 16.6 Å². The zero-order valence-electron chi connectivity index (χ0n) is 14.0. The van der Waals surface area contributed by atoms with Gasteiger partial charge in [-0.1, -0.05) is 11.6 Å². The summed E-state index contributed by atoms with van der Waals surface area (Å²) in [7, 11) is 0. The molecule has 1 amide bonds. The zero-order chi connectivity index (χ0) is 20.6. The van der Waals surface area contributed by atoms with Gasteiger partial charge in [-0.15, -0.1) is 11.3 Å². The predicted molar refractivity (Wildman–Crippen MR) is 96.6 cm³/mol. The molecule has 1 aromatic heterocycles. The molecule has 0 aliphatic rings. The number of carbonyl (C=O) groups excluding carboxylic acids is 2. The van der Waals surface area contributed by atoms with Crippen molar-refractivity contribution in [1.29, 1.82) is 0 Å². The highest BCUT2D eigenvalue weighted by atomic mass is 35.5. The van der Waals surface area contributed by atoms with Crippen LogP contribution in [0.4, 0.5) is 23.2 Å². The van der Waals surface area contributed by atoms with E-state index in [2.05, 4.69) is 0 Å². The Morgan fingerprint density at radius 1 is 1.11 bits per heavy atom. The number of hydrogen-bond acceptors (Lipinski definition) is 4. The summed E-state index contributed by atoms with van der Waals surface area (Å²) in [5, 5.41) is 2.50. The van der Waals surface area contributed by atoms with Crippen LogP contribution < -0.4 is 5.32 Å². The summed E-state index contributed by atoms with van der Waals surface area (Å²) in [4.78, 5) is 24.3. The van der Waals surface area contributed by atoms with Crippen molar-refractivity contribution in [3.8, 4) is 0 Å². The SMILES string of the molecule is CC(OC(=O)c1sc2cc(F)ccc2c1Cl)C(=O)Nc1ccc(F)c(F)c1F. The molecule has 0 saturated carbocycles. The highest BCUT2D eigenvalue weighted by Gasteiger charge is 2.25. The molecular formula is C18H10ClF4NO3S. The van der Waals surface area contributed by atoms with E-state index < -0.39 is 46.9 Å². The number of amides is 1. The van der Waals surface area contributed by atoms with Crippen LogP contribution in [0.2, 0.25) is 5.02 Å². The van der Waals surface area contributed by atoms with Crippen molar-refractivity contribution >= 4 is 50.6 Å². The minimum absolute atomic E-state index is 0.0408. The van der Waals surface area contributed by atoms with Crippen molar-refractivity contribution in [2.24, 2.45) is 0 Å². The molecule has 3 rings (SSSR count). The van der Waals surface area contributed by atoms with Gasteiger partial charge in [-0.25, -0.2) is 22.4 Å². The smallest absolute Gasteiger partial charge is 0.350 e. The number of rotatable bonds is 4.